The van der Waals surface area contributed by atoms with E-state index in [1.54, 1.807) is 32.5 Å². The maximum absolute atomic E-state index is 6.06. The molecule has 0 saturated heterocycles. The number of hydrogen-bond acceptors (Lipinski definition) is 5. The maximum Gasteiger partial charge on any atom is 0.201 e. The first kappa shape index (κ1) is 12.4. The van der Waals surface area contributed by atoms with Crippen LogP contribution in [0, 0.1) is 0 Å². The molecule has 0 aliphatic heterocycles. The molecule has 2 aromatic heterocycles. The van der Waals surface area contributed by atoms with Crippen LogP contribution in [0.2, 0.25) is 5.02 Å². The highest BCUT2D eigenvalue weighted by Crippen LogP contribution is 2.30. The second-order valence-electron chi connectivity index (χ2n) is 3.21. The monoisotopic (exact) mass is 270 g/mol. The zero-order valence-corrected chi connectivity index (χ0v) is 11.0. The number of pyridine rings is 1. The van der Waals surface area contributed by atoms with Crippen LogP contribution < -0.4 is 0 Å². The van der Waals surface area contributed by atoms with Gasteiger partial charge < -0.3 is 9.47 Å². The first-order valence-corrected chi connectivity index (χ1v) is 6.14. The Hall–Kier alpha value is -1.01. The molecule has 2 rings (SSSR count). The summed E-state index contributed by atoms with van der Waals surface area (Å²) >= 11 is 7.51. The van der Waals surface area contributed by atoms with Crippen molar-refractivity contribution >= 4 is 22.9 Å². The van der Waals surface area contributed by atoms with Crippen LogP contribution in [0.1, 0.15) is 12.0 Å². The van der Waals surface area contributed by atoms with Gasteiger partial charge in [-0.3, -0.25) is 4.98 Å². The number of halogens is 1. The average Bonchev–Trinajstić information content (AvgIpc) is 2.81. The first-order valence-electron chi connectivity index (χ1n) is 4.88. The molecule has 0 fully saturated rings. The molecule has 0 bridgehead atoms. The minimum Gasteiger partial charge on any atom is -0.350 e. The predicted octanol–water partition coefficient (Wildman–Crippen LogP) is 3.15. The van der Waals surface area contributed by atoms with E-state index in [9.17, 15) is 0 Å². The molecule has 17 heavy (non-hydrogen) atoms. The molecular weight excluding hydrogens is 260 g/mol. The third kappa shape index (κ3) is 2.63. The molecule has 6 heteroatoms. The fourth-order valence-electron chi connectivity index (χ4n) is 1.38. The minimum atomic E-state index is -0.456. The van der Waals surface area contributed by atoms with Gasteiger partial charge in [-0.2, -0.15) is 0 Å². The molecular formula is C11H11ClN2O2S. The van der Waals surface area contributed by atoms with E-state index in [1.165, 1.54) is 11.3 Å². The van der Waals surface area contributed by atoms with E-state index in [0.29, 0.717) is 10.7 Å². The molecule has 0 unspecified atom stereocenters. The number of aromatic nitrogens is 2. The van der Waals surface area contributed by atoms with E-state index in [1.807, 2.05) is 5.38 Å². The van der Waals surface area contributed by atoms with Crippen molar-refractivity contribution in [2.24, 2.45) is 0 Å². The molecule has 0 aliphatic carbocycles. The van der Waals surface area contributed by atoms with Crippen molar-refractivity contribution < 1.29 is 9.47 Å². The van der Waals surface area contributed by atoms with E-state index < -0.39 is 6.29 Å². The quantitative estimate of drug-likeness (QED) is 0.801. The van der Waals surface area contributed by atoms with Gasteiger partial charge in [-0.15, -0.1) is 11.3 Å². The smallest absolute Gasteiger partial charge is 0.201 e. The first-order chi connectivity index (χ1) is 8.26. The van der Waals surface area contributed by atoms with Gasteiger partial charge in [-0.1, -0.05) is 11.6 Å². The van der Waals surface area contributed by atoms with Gasteiger partial charge in [0.1, 0.15) is 16.4 Å². The molecule has 0 radical (unpaired) electrons. The van der Waals surface area contributed by atoms with Crippen LogP contribution in [0.5, 0.6) is 0 Å². The number of nitrogens with zero attached hydrogens (tertiary/aromatic N) is 2. The predicted molar refractivity (Wildman–Crippen MR) is 67.1 cm³/mol. The Morgan fingerprint density at radius 2 is 2.12 bits per heavy atom. The molecule has 2 heterocycles. The summed E-state index contributed by atoms with van der Waals surface area (Å²) in [4.78, 5) is 8.61. The minimum absolute atomic E-state index is 0.456. The van der Waals surface area contributed by atoms with Gasteiger partial charge in [0, 0.05) is 25.8 Å². The Bertz CT molecular complexity index is 500. The van der Waals surface area contributed by atoms with Gasteiger partial charge in [-0.05, 0) is 12.1 Å². The van der Waals surface area contributed by atoms with Crippen LogP contribution in [0.4, 0.5) is 0 Å². The lowest BCUT2D eigenvalue weighted by Gasteiger charge is -2.09. The number of hydrogen-bond donors (Lipinski definition) is 0. The lowest BCUT2D eigenvalue weighted by molar-refractivity contribution is -0.108. The molecule has 4 nitrogen and oxygen atoms in total. The van der Waals surface area contributed by atoms with Crippen molar-refractivity contribution in [3.05, 3.63) is 34.4 Å². The van der Waals surface area contributed by atoms with Gasteiger partial charge in [0.25, 0.3) is 0 Å². The normalized spacial score (nSPS) is 11.1. The Labute approximate surface area is 108 Å². The largest absolute Gasteiger partial charge is 0.350 e. The summed E-state index contributed by atoms with van der Waals surface area (Å²) in [5.74, 6) is 0. The highest BCUT2D eigenvalue weighted by atomic mass is 35.5. The van der Waals surface area contributed by atoms with Gasteiger partial charge >= 0.3 is 0 Å². The molecule has 0 N–H and O–H groups in total. The lowest BCUT2D eigenvalue weighted by Crippen LogP contribution is -2.03. The Morgan fingerprint density at radius 3 is 2.76 bits per heavy atom. The SMILES string of the molecule is COC(OC)c1csc(-c2ncccc2Cl)n1. The van der Waals surface area contributed by atoms with Crippen molar-refractivity contribution in [2.75, 3.05) is 14.2 Å². The maximum atomic E-state index is 6.06. The summed E-state index contributed by atoms with van der Waals surface area (Å²) in [5, 5.41) is 3.21. The summed E-state index contributed by atoms with van der Waals surface area (Å²) < 4.78 is 10.3. The second-order valence-corrected chi connectivity index (χ2v) is 4.48. The molecule has 0 atom stereocenters. The Kier molecular flexibility index (Phi) is 4.06. The molecule has 0 aliphatic rings. The van der Waals surface area contributed by atoms with E-state index in [-0.39, 0.29) is 0 Å². The van der Waals surface area contributed by atoms with Crippen LogP contribution in [0.3, 0.4) is 0 Å². The van der Waals surface area contributed by atoms with Crippen molar-refractivity contribution in [3.8, 4) is 10.7 Å². The van der Waals surface area contributed by atoms with Crippen LogP contribution in [0.15, 0.2) is 23.7 Å². The zero-order chi connectivity index (χ0) is 12.3. The van der Waals surface area contributed by atoms with Crippen molar-refractivity contribution in [2.45, 2.75) is 6.29 Å². The summed E-state index contributed by atoms with van der Waals surface area (Å²) in [6.07, 6.45) is 1.23. The van der Waals surface area contributed by atoms with E-state index in [4.69, 9.17) is 21.1 Å². The van der Waals surface area contributed by atoms with Crippen molar-refractivity contribution in [1.29, 1.82) is 0 Å². The molecule has 2 aromatic rings. The third-order valence-electron chi connectivity index (χ3n) is 2.15. The van der Waals surface area contributed by atoms with Crippen LogP contribution in [-0.2, 0) is 9.47 Å². The molecule has 0 amide bonds. The van der Waals surface area contributed by atoms with Gasteiger partial charge in [-0.25, -0.2) is 4.98 Å². The Balaban J connectivity index is 2.33. The third-order valence-corrected chi connectivity index (χ3v) is 3.32. The van der Waals surface area contributed by atoms with Crippen molar-refractivity contribution in [1.82, 2.24) is 9.97 Å². The number of methoxy groups -OCH3 is 2. The average molecular weight is 271 g/mol. The highest BCUT2D eigenvalue weighted by Gasteiger charge is 2.15. The Morgan fingerprint density at radius 1 is 1.35 bits per heavy atom. The number of thiazole rings is 1. The molecule has 90 valence electrons. The van der Waals surface area contributed by atoms with Gasteiger partial charge in [0.15, 0.2) is 0 Å². The summed E-state index contributed by atoms with van der Waals surface area (Å²) in [5.41, 5.74) is 1.40. The fourth-order valence-corrected chi connectivity index (χ4v) is 2.48. The summed E-state index contributed by atoms with van der Waals surface area (Å²) in [6, 6.07) is 3.57. The molecule has 0 aromatic carbocycles. The summed E-state index contributed by atoms with van der Waals surface area (Å²) in [6.45, 7) is 0. The van der Waals surface area contributed by atoms with Crippen LogP contribution in [-0.4, -0.2) is 24.2 Å². The fraction of sp³-hybridized carbons (Fsp3) is 0.273. The topological polar surface area (TPSA) is 44.2 Å². The van der Waals surface area contributed by atoms with E-state index >= 15 is 0 Å². The second kappa shape index (κ2) is 5.55. The molecule has 0 saturated carbocycles. The molecule has 0 spiro atoms. The zero-order valence-electron chi connectivity index (χ0n) is 9.38. The van der Waals surface area contributed by atoms with Gasteiger partial charge in [0.2, 0.25) is 6.29 Å². The van der Waals surface area contributed by atoms with E-state index in [2.05, 4.69) is 9.97 Å². The van der Waals surface area contributed by atoms with Gasteiger partial charge in [0.05, 0.1) is 5.02 Å². The summed E-state index contributed by atoms with van der Waals surface area (Å²) in [7, 11) is 3.14. The van der Waals surface area contributed by atoms with E-state index in [0.717, 1.165) is 10.7 Å². The lowest BCUT2D eigenvalue weighted by atomic mass is 10.3. The number of rotatable bonds is 4. The van der Waals surface area contributed by atoms with Crippen LogP contribution in [0.25, 0.3) is 10.7 Å². The van der Waals surface area contributed by atoms with Crippen molar-refractivity contribution in [3.63, 3.8) is 0 Å². The highest BCUT2D eigenvalue weighted by molar-refractivity contribution is 7.13. The van der Waals surface area contributed by atoms with Crippen LogP contribution >= 0.6 is 22.9 Å². The standard InChI is InChI=1S/C11H11ClN2O2S/c1-15-11(16-2)8-6-17-10(14-8)9-7(12)4-3-5-13-9/h3-6,11H,1-2H3. The number of ether oxygens (including phenoxy) is 2.